The van der Waals surface area contributed by atoms with Crippen LogP contribution < -0.4 is 0 Å². The van der Waals surface area contributed by atoms with Gasteiger partial charge in [-0.05, 0) is 56.7 Å². The van der Waals surface area contributed by atoms with Gasteiger partial charge in [-0.15, -0.1) is 0 Å². The van der Waals surface area contributed by atoms with Crippen LogP contribution in [-0.4, -0.2) is 27.9 Å². The smallest absolute Gasteiger partial charge is 0.339 e. The molecule has 0 radical (unpaired) electrons. The molecule has 0 aliphatic heterocycles. The molecule has 1 aliphatic rings. The molecule has 4 rings (SSSR count). The van der Waals surface area contributed by atoms with Gasteiger partial charge in [-0.2, -0.15) is 0 Å². The molecule has 0 saturated carbocycles. The van der Waals surface area contributed by atoms with Gasteiger partial charge in [0.1, 0.15) is 0 Å². The summed E-state index contributed by atoms with van der Waals surface area (Å²) in [6.07, 6.45) is 2.74. The van der Waals surface area contributed by atoms with Crippen LogP contribution in [0.3, 0.4) is 0 Å². The number of nitrogens with zero attached hydrogens (tertiary/aromatic N) is 2. The zero-order valence-corrected chi connectivity index (χ0v) is 17.4. The first-order chi connectivity index (χ1) is 13.9. The zero-order valence-electron chi connectivity index (χ0n) is 17.4. The largest absolute Gasteiger partial charge is 0.454 e. The van der Waals surface area contributed by atoms with Gasteiger partial charge in [0.15, 0.2) is 6.61 Å². The summed E-state index contributed by atoms with van der Waals surface area (Å²) in [5.74, 6) is -0.124. The topological polar surface area (TPSA) is 61.2 Å². The predicted octanol–water partition coefficient (Wildman–Crippen LogP) is 4.35. The van der Waals surface area contributed by atoms with Crippen molar-refractivity contribution in [1.82, 2.24) is 9.55 Å². The number of aromatic nitrogens is 2. The second-order valence-electron chi connectivity index (χ2n) is 8.12. The Balaban J connectivity index is 1.65. The van der Waals surface area contributed by atoms with Gasteiger partial charge < -0.3 is 9.30 Å². The number of pyridine rings is 1. The van der Waals surface area contributed by atoms with Crippen molar-refractivity contribution in [2.24, 2.45) is 13.0 Å². The first-order valence-electron chi connectivity index (χ1n) is 10.1. The Hall–Kier alpha value is -2.95. The van der Waals surface area contributed by atoms with Gasteiger partial charge in [0.05, 0.1) is 11.1 Å². The molecule has 150 valence electrons. The number of carbonyl (C=O) groups is 2. The maximum Gasteiger partial charge on any atom is 0.339 e. The van der Waals surface area contributed by atoms with Crippen molar-refractivity contribution >= 4 is 22.7 Å². The van der Waals surface area contributed by atoms with Gasteiger partial charge in [0.25, 0.3) is 0 Å². The van der Waals surface area contributed by atoms with Gasteiger partial charge >= 0.3 is 5.97 Å². The summed E-state index contributed by atoms with van der Waals surface area (Å²) in [6.45, 7) is 5.78. The van der Waals surface area contributed by atoms with Crippen molar-refractivity contribution in [3.63, 3.8) is 0 Å². The lowest BCUT2D eigenvalue weighted by Gasteiger charge is -2.24. The van der Waals surface area contributed by atoms with Gasteiger partial charge in [-0.3, -0.25) is 9.78 Å². The Kier molecular flexibility index (Phi) is 4.99. The normalized spacial score (nSPS) is 15.9. The van der Waals surface area contributed by atoms with E-state index in [2.05, 4.69) is 6.92 Å². The van der Waals surface area contributed by atoms with E-state index in [-0.39, 0.29) is 12.4 Å². The number of aryl methyl sites for hydroxylation is 2. The summed E-state index contributed by atoms with van der Waals surface area (Å²) < 4.78 is 7.49. The summed E-state index contributed by atoms with van der Waals surface area (Å²) >= 11 is 0. The average molecular weight is 390 g/mol. The molecule has 5 heteroatoms. The maximum absolute atomic E-state index is 13.1. The Morgan fingerprint density at radius 1 is 1.24 bits per heavy atom. The van der Waals surface area contributed by atoms with Crippen molar-refractivity contribution in [2.75, 3.05) is 6.61 Å². The molecule has 0 amide bonds. The Bertz CT molecular complexity index is 1130. The third kappa shape index (κ3) is 3.46. The fourth-order valence-corrected chi connectivity index (χ4v) is 4.21. The Morgan fingerprint density at radius 2 is 2.00 bits per heavy atom. The van der Waals surface area contributed by atoms with Crippen LogP contribution in [0.4, 0.5) is 0 Å². The third-order valence-corrected chi connectivity index (χ3v) is 6.12. The van der Waals surface area contributed by atoms with Crippen molar-refractivity contribution in [2.45, 2.75) is 40.0 Å². The zero-order chi connectivity index (χ0) is 20.7. The van der Waals surface area contributed by atoms with E-state index < -0.39 is 5.97 Å². The van der Waals surface area contributed by atoms with E-state index in [1.165, 1.54) is 0 Å². The number of para-hydroxylation sites is 1. The molecular formula is C24H26N2O3. The summed E-state index contributed by atoms with van der Waals surface area (Å²) in [6, 6.07) is 9.50. The maximum atomic E-state index is 13.1. The molecule has 1 aromatic carbocycles. The summed E-state index contributed by atoms with van der Waals surface area (Å²) in [5, 5.41) is 0.796. The van der Waals surface area contributed by atoms with E-state index in [1.807, 2.05) is 55.8 Å². The van der Waals surface area contributed by atoms with Crippen LogP contribution >= 0.6 is 0 Å². The van der Waals surface area contributed by atoms with Crippen LogP contribution in [0.5, 0.6) is 0 Å². The van der Waals surface area contributed by atoms with Crippen molar-refractivity contribution in [1.29, 1.82) is 0 Å². The van der Waals surface area contributed by atoms with E-state index in [4.69, 9.17) is 9.72 Å². The van der Waals surface area contributed by atoms with E-state index >= 15 is 0 Å². The van der Waals surface area contributed by atoms with Crippen LogP contribution in [-0.2, 0) is 24.6 Å². The van der Waals surface area contributed by atoms with Gasteiger partial charge in [-0.25, -0.2) is 4.79 Å². The molecule has 0 saturated heterocycles. The van der Waals surface area contributed by atoms with E-state index in [9.17, 15) is 9.59 Å². The summed E-state index contributed by atoms with van der Waals surface area (Å²) in [7, 11) is 1.92. The lowest BCUT2D eigenvalue weighted by atomic mass is 9.84. The second-order valence-corrected chi connectivity index (χ2v) is 8.12. The van der Waals surface area contributed by atoms with Crippen LogP contribution in [0.15, 0.2) is 30.3 Å². The molecular weight excluding hydrogens is 364 g/mol. The molecule has 0 spiro atoms. The fraction of sp³-hybridized carbons (Fsp3) is 0.375. The van der Waals surface area contributed by atoms with Crippen molar-refractivity contribution in [3.05, 3.63) is 64.1 Å². The minimum absolute atomic E-state index is 0.180. The van der Waals surface area contributed by atoms with Gasteiger partial charge in [-0.1, -0.05) is 25.1 Å². The van der Waals surface area contributed by atoms with Crippen LogP contribution in [0.2, 0.25) is 0 Å². The predicted molar refractivity (Wildman–Crippen MR) is 112 cm³/mol. The molecule has 0 fully saturated rings. The lowest BCUT2D eigenvalue weighted by Crippen LogP contribution is -2.21. The first-order valence-corrected chi connectivity index (χ1v) is 10.1. The lowest BCUT2D eigenvalue weighted by molar-refractivity contribution is 0.0474. The first kappa shape index (κ1) is 19.4. The van der Waals surface area contributed by atoms with Crippen molar-refractivity contribution < 1.29 is 14.3 Å². The summed E-state index contributed by atoms with van der Waals surface area (Å²) in [5.41, 5.74) is 5.82. The van der Waals surface area contributed by atoms with Crippen LogP contribution in [0.1, 0.15) is 56.7 Å². The van der Waals surface area contributed by atoms with E-state index in [0.717, 1.165) is 52.8 Å². The van der Waals surface area contributed by atoms with E-state index in [1.54, 1.807) is 0 Å². The molecule has 29 heavy (non-hydrogen) atoms. The molecule has 2 aromatic heterocycles. The van der Waals surface area contributed by atoms with Crippen molar-refractivity contribution in [3.8, 4) is 0 Å². The minimum atomic E-state index is -0.437. The quantitative estimate of drug-likeness (QED) is 0.491. The molecule has 1 aliphatic carbocycles. The highest BCUT2D eigenvalue weighted by atomic mass is 16.5. The molecule has 0 N–H and O–H groups in total. The second kappa shape index (κ2) is 7.47. The molecule has 2 heterocycles. The number of rotatable bonds is 4. The molecule has 3 aromatic rings. The summed E-state index contributed by atoms with van der Waals surface area (Å²) in [4.78, 5) is 30.6. The number of ketones is 1. The number of ether oxygens (including phenoxy) is 1. The molecule has 0 bridgehead atoms. The number of fused-ring (bicyclic) bond motifs is 2. The molecule has 5 nitrogen and oxygen atoms in total. The average Bonchev–Trinajstić information content (AvgIpc) is 2.97. The number of hydrogen-bond acceptors (Lipinski definition) is 4. The monoisotopic (exact) mass is 390 g/mol. The van der Waals surface area contributed by atoms with E-state index in [0.29, 0.717) is 17.0 Å². The standard InChI is InChI=1S/C24H26N2O3/c1-14-9-10-21-19(11-14)23(17-7-5-6-8-20(17)25-21)24(28)29-13-22(27)18-12-15(2)26(4)16(18)3/h5-8,12,14H,9-11,13H2,1-4H3. The fourth-order valence-electron chi connectivity index (χ4n) is 4.21. The Labute approximate surface area is 170 Å². The van der Waals surface area contributed by atoms with Gasteiger partial charge in [0, 0.05) is 35.1 Å². The highest BCUT2D eigenvalue weighted by Crippen LogP contribution is 2.32. The highest BCUT2D eigenvalue weighted by molar-refractivity contribution is 6.06. The minimum Gasteiger partial charge on any atom is -0.454 e. The van der Waals surface area contributed by atoms with Gasteiger partial charge in [0.2, 0.25) is 5.78 Å². The Morgan fingerprint density at radius 3 is 2.72 bits per heavy atom. The third-order valence-electron chi connectivity index (χ3n) is 6.12. The SMILES string of the molecule is Cc1cc(C(=O)COC(=O)c2c3c(nc4ccccc24)CCC(C)C3)c(C)n1C. The molecule has 1 unspecified atom stereocenters. The van der Waals surface area contributed by atoms with Crippen LogP contribution in [0.25, 0.3) is 10.9 Å². The number of benzene rings is 1. The number of carbonyl (C=O) groups excluding carboxylic acids is 2. The molecule has 1 atom stereocenters. The number of Topliss-reactive ketones (excluding diaryl/α,β-unsaturated/α-hetero) is 1. The number of hydrogen-bond donors (Lipinski definition) is 0. The highest BCUT2D eigenvalue weighted by Gasteiger charge is 2.27. The number of esters is 1. The van der Waals surface area contributed by atoms with Crippen LogP contribution in [0, 0.1) is 19.8 Å².